The van der Waals surface area contributed by atoms with E-state index >= 15 is 0 Å². The Hall–Kier alpha value is -5.58. The van der Waals surface area contributed by atoms with Gasteiger partial charge in [0.2, 0.25) is 0 Å². The Balaban J connectivity index is 1.76. The van der Waals surface area contributed by atoms with Crippen molar-refractivity contribution in [3.8, 4) is 5.75 Å². The molecule has 16 heteroatoms. The lowest BCUT2D eigenvalue weighted by Gasteiger charge is -2.25. The van der Waals surface area contributed by atoms with Crippen LogP contribution in [-0.4, -0.2) is 51.0 Å². The lowest BCUT2D eigenvalue weighted by molar-refractivity contribution is -0.991. The molecule has 2 aromatic heterocycles. The van der Waals surface area contributed by atoms with Crippen LogP contribution in [0.5, 0.6) is 5.75 Å². The predicted molar refractivity (Wildman–Crippen MR) is 156 cm³/mol. The highest BCUT2D eigenvalue weighted by molar-refractivity contribution is 6.02. The molecule has 1 amide bonds. The summed E-state index contributed by atoms with van der Waals surface area (Å²) in [6.45, 7) is 3.53. The second-order valence-corrected chi connectivity index (χ2v) is 9.25. The van der Waals surface area contributed by atoms with Crippen LogP contribution in [0.4, 0.5) is 19.3 Å². The second kappa shape index (κ2) is 13.2. The molecular weight excluding hydrogens is 580 g/mol. The highest BCUT2D eigenvalue weighted by Gasteiger charge is 2.27. The van der Waals surface area contributed by atoms with E-state index in [9.17, 15) is 24.0 Å². The molecule has 4 rings (SSSR count). The molecule has 0 fully saturated rings. The summed E-state index contributed by atoms with van der Waals surface area (Å²) in [5.74, 6) is -1.91. The minimum absolute atomic E-state index is 0.0234. The molecule has 14 nitrogen and oxygen atoms in total. The molecular formula is C28H29F2N9O5. The van der Waals surface area contributed by atoms with E-state index in [-0.39, 0.29) is 52.5 Å². The van der Waals surface area contributed by atoms with E-state index < -0.39 is 34.6 Å². The topological polar surface area (TPSA) is 208 Å². The normalized spacial score (nSPS) is 12.1. The van der Waals surface area contributed by atoms with Gasteiger partial charge in [0.05, 0.1) is 38.2 Å². The predicted octanol–water partition coefficient (Wildman–Crippen LogP) is 1.85. The highest BCUT2D eigenvalue weighted by Crippen LogP contribution is 2.27. The number of hydrogen-bond acceptors (Lipinski definition) is 10. The summed E-state index contributed by atoms with van der Waals surface area (Å²) in [6.07, 6.45) is 0.0513. The molecule has 0 aliphatic rings. The third-order valence-electron chi connectivity index (χ3n) is 6.40. The first-order valence-electron chi connectivity index (χ1n) is 12.8. The number of aromatic nitrogens is 3. The highest BCUT2D eigenvalue weighted by atomic mass is 19.1. The number of amidine groups is 1. The van der Waals surface area contributed by atoms with Crippen LogP contribution in [0.1, 0.15) is 16.8 Å². The molecule has 0 spiro atoms. The molecule has 1 unspecified atom stereocenters. The van der Waals surface area contributed by atoms with Crippen LogP contribution < -0.4 is 27.2 Å². The van der Waals surface area contributed by atoms with E-state index in [0.29, 0.717) is 11.3 Å². The van der Waals surface area contributed by atoms with E-state index in [1.165, 1.54) is 31.4 Å². The number of halogens is 2. The van der Waals surface area contributed by atoms with Crippen molar-refractivity contribution in [2.24, 2.45) is 22.2 Å². The third kappa shape index (κ3) is 6.57. The summed E-state index contributed by atoms with van der Waals surface area (Å²) >= 11 is 0. The van der Waals surface area contributed by atoms with E-state index in [1.807, 2.05) is 0 Å². The number of fused-ring (bicyclic) bond motifs is 1. The maximum atomic E-state index is 14.4. The average molecular weight is 610 g/mol. The molecule has 0 aliphatic carbocycles. The average Bonchev–Trinajstić information content (AvgIpc) is 3.34. The lowest BCUT2D eigenvalue weighted by Crippen LogP contribution is -2.99. The molecule has 2 aromatic carbocycles. The van der Waals surface area contributed by atoms with Crippen LogP contribution in [0, 0.1) is 16.8 Å². The van der Waals surface area contributed by atoms with Gasteiger partial charge in [0.25, 0.3) is 0 Å². The quantitative estimate of drug-likeness (QED) is 0.100. The van der Waals surface area contributed by atoms with Gasteiger partial charge in [-0.15, -0.1) is 0 Å². The van der Waals surface area contributed by atoms with Crippen LogP contribution >= 0.6 is 0 Å². The zero-order valence-corrected chi connectivity index (χ0v) is 23.6. The summed E-state index contributed by atoms with van der Waals surface area (Å²) in [6, 6.07) is 11.3. The van der Waals surface area contributed by atoms with E-state index in [2.05, 4.69) is 21.7 Å². The van der Waals surface area contributed by atoms with Gasteiger partial charge in [-0.25, -0.2) is 33.4 Å². The zero-order valence-electron chi connectivity index (χ0n) is 23.6. The number of nitrogens with two attached hydrogens (primary N) is 3. The van der Waals surface area contributed by atoms with Gasteiger partial charge in [-0.1, -0.05) is 24.8 Å². The first kappa shape index (κ1) is 31.4. The van der Waals surface area contributed by atoms with Crippen molar-refractivity contribution in [3.63, 3.8) is 0 Å². The minimum Gasteiger partial charge on any atom is -0.595 e. The molecule has 0 aliphatic heterocycles. The summed E-state index contributed by atoms with van der Waals surface area (Å²) in [5.41, 5.74) is 19.1. The maximum absolute atomic E-state index is 14.4. The molecule has 8 N–H and O–H groups in total. The number of nitrogens with one attached hydrogen (secondary N) is 1. The summed E-state index contributed by atoms with van der Waals surface area (Å²) in [4.78, 5) is 22.2. The minimum atomic E-state index is -1.21. The SMILES string of the molecule is C=C(/N=C(/N)C(=C(N)N)N(Cc1cc([NH+]([O-])O)ccc1OC)C(=O)OC)n1nc(Cc2ccccc2F)c2ncc(F)cc21. The molecule has 1 atom stereocenters. The fourth-order valence-corrected chi connectivity index (χ4v) is 4.40. The van der Waals surface area contributed by atoms with Crippen LogP contribution in [0.15, 0.2) is 77.8 Å². The molecule has 4 aromatic rings. The Morgan fingerprint density at radius 3 is 2.52 bits per heavy atom. The largest absolute Gasteiger partial charge is 0.595 e. The van der Waals surface area contributed by atoms with Crippen molar-refractivity contribution in [2.45, 2.75) is 13.0 Å². The van der Waals surface area contributed by atoms with Crippen LogP contribution in [0.3, 0.4) is 0 Å². The summed E-state index contributed by atoms with van der Waals surface area (Å²) in [7, 11) is 2.47. The van der Waals surface area contributed by atoms with Gasteiger partial charge >= 0.3 is 6.09 Å². The third-order valence-corrected chi connectivity index (χ3v) is 6.40. The van der Waals surface area contributed by atoms with Crippen molar-refractivity contribution in [1.29, 1.82) is 0 Å². The van der Waals surface area contributed by atoms with Gasteiger partial charge in [-0.05, 0) is 17.7 Å². The molecule has 0 saturated heterocycles. The Morgan fingerprint density at radius 2 is 1.89 bits per heavy atom. The Kier molecular flexibility index (Phi) is 9.38. The van der Waals surface area contributed by atoms with E-state index in [1.54, 1.807) is 18.2 Å². The van der Waals surface area contributed by atoms with Crippen molar-refractivity contribution in [3.05, 3.63) is 106 Å². The van der Waals surface area contributed by atoms with Crippen molar-refractivity contribution >= 4 is 34.5 Å². The summed E-state index contributed by atoms with van der Waals surface area (Å²) in [5, 5.41) is 24.2. The number of carbonyl (C=O) groups is 1. The Morgan fingerprint density at radius 1 is 1.16 bits per heavy atom. The Labute approximate surface area is 249 Å². The molecule has 0 bridgehead atoms. The number of rotatable bonds is 10. The van der Waals surface area contributed by atoms with Gasteiger partial charge < -0.3 is 31.9 Å². The molecule has 0 saturated carbocycles. The Bertz CT molecular complexity index is 1780. The van der Waals surface area contributed by atoms with Gasteiger partial charge in [-0.3, -0.25) is 4.90 Å². The fourth-order valence-electron chi connectivity index (χ4n) is 4.40. The molecule has 44 heavy (non-hydrogen) atoms. The number of ether oxygens (including phenoxy) is 2. The first-order chi connectivity index (χ1) is 20.9. The number of pyridine rings is 1. The standard InChI is InChI=1S/C28H29F2N9O5/c1-15(38-22-12-18(29)13-34-24(22)21(36-38)11-16-6-4-5-7-20(16)30)35-27(33)25(26(31)32)37(28(40)44-3)14-17-10-19(39(41)42)8-9-23(17)43-2/h4-10,12-13,39,41H,1,11,14,31-32H2,2-3H3,(H2,33,35). The van der Waals surface area contributed by atoms with Gasteiger partial charge in [0.15, 0.2) is 11.5 Å². The molecule has 2 heterocycles. The monoisotopic (exact) mass is 609 g/mol. The maximum Gasteiger partial charge on any atom is 0.414 e. The van der Waals surface area contributed by atoms with Gasteiger partial charge in [0.1, 0.15) is 40.2 Å². The lowest BCUT2D eigenvalue weighted by atomic mass is 10.1. The van der Waals surface area contributed by atoms with E-state index in [4.69, 9.17) is 26.7 Å². The number of quaternary nitrogens is 1. The number of carbonyl (C=O) groups excluding carboxylic acids is 1. The number of methoxy groups -OCH3 is 2. The van der Waals surface area contributed by atoms with Crippen LogP contribution in [-0.2, 0) is 17.7 Å². The summed E-state index contributed by atoms with van der Waals surface area (Å²) < 4.78 is 40.0. The second-order valence-electron chi connectivity index (χ2n) is 9.25. The van der Waals surface area contributed by atoms with Crippen molar-refractivity contribution in [1.82, 2.24) is 19.7 Å². The number of aliphatic imine (C=N–C) groups is 1. The first-order valence-corrected chi connectivity index (χ1v) is 12.8. The number of nitrogens with zero attached hydrogens (tertiary/aromatic N) is 5. The van der Waals surface area contributed by atoms with Gasteiger partial charge in [-0.2, -0.15) is 10.3 Å². The fraction of sp³-hybridized carbons (Fsp3) is 0.143. The van der Waals surface area contributed by atoms with E-state index in [0.717, 1.165) is 29.0 Å². The zero-order chi connectivity index (χ0) is 32.1. The molecule has 230 valence electrons. The van der Waals surface area contributed by atoms with Crippen molar-refractivity contribution in [2.75, 3.05) is 14.2 Å². The van der Waals surface area contributed by atoms with Crippen LogP contribution in [0.25, 0.3) is 16.9 Å². The number of hydrogen-bond donors (Lipinski definition) is 5. The number of amides is 1. The smallest absolute Gasteiger partial charge is 0.414 e. The van der Waals surface area contributed by atoms with Gasteiger partial charge in [0, 0.05) is 30.2 Å². The molecule has 0 radical (unpaired) electrons. The van der Waals surface area contributed by atoms with Crippen molar-refractivity contribution < 1.29 is 33.5 Å². The number of benzene rings is 2. The van der Waals surface area contributed by atoms with Crippen LogP contribution in [0.2, 0.25) is 0 Å².